The lowest BCUT2D eigenvalue weighted by atomic mass is 9.79. The van der Waals surface area contributed by atoms with E-state index in [4.69, 9.17) is 5.11 Å². The van der Waals surface area contributed by atoms with Crippen LogP contribution in [0.15, 0.2) is 0 Å². The Labute approximate surface area is 101 Å². The average molecular weight is 240 g/mol. The Bertz CT molecular complexity index is 339. The van der Waals surface area contributed by atoms with Crippen LogP contribution in [0.1, 0.15) is 33.1 Å². The third kappa shape index (κ3) is 2.37. The van der Waals surface area contributed by atoms with Gasteiger partial charge in [0, 0.05) is 18.6 Å². The highest BCUT2D eigenvalue weighted by Gasteiger charge is 2.40. The zero-order chi connectivity index (χ0) is 12.6. The summed E-state index contributed by atoms with van der Waals surface area (Å²) in [5.41, 5.74) is -0.0678. The van der Waals surface area contributed by atoms with E-state index in [9.17, 15) is 9.59 Å². The van der Waals surface area contributed by atoms with Crippen LogP contribution in [-0.2, 0) is 4.79 Å². The van der Waals surface area contributed by atoms with Crippen LogP contribution in [0.4, 0.5) is 4.79 Å². The highest BCUT2D eigenvalue weighted by molar-refractivity contribution is 5.78. The minimum Gasteiger partial charge on any atom is -0.481 e. The zero-order valence-corrected chi connectivity index (χ0v) is 10.4. The fourth-order valence-electron chi connectivity index (χ4n) is 2.62. The molecular weight excluding hydrogens is 220 g/mol. The normalized spacial score (nSPS) is 30.8. The molecule has 2 aliphatic rings. The topological polar surface area (TPSA) is 69.6 Å². The van der Waals surface area contributed by atoms with Crippen molar-refractivity contribution in [2.45, 2.75) is 38.6 Å². The molecule has 5 heteroatoms. The van der Waals surface area contributed by atoms with E-state index in [0.29, 0.717) is 13.1 Å². The summed E-state index contributed by atoms with van der Waals surface area (Å²) in [5.74, 6) is -1.19. The van der Waals surface area contributed by atoms with Crippen LogP contribution < -0.4 is 5.32 Å². The predicted molar refractivity (Wildman–Crippen MR) is 62.7 cm³/mol. The molecule has 96 valence electrons. The van der Waals surface area contributed by atoms with Gasteiger partial charge in [0.2, 0.25) is 0 Å². The first-order valence-electron chi connectivity index (χ1n) is 6.21. The monoisotopic (exact) mass is 240 g/mol. The Balaban J connectivity index is 1.91. The van der Waals surface area contributed by atoms with Gasteiger partial charge in [0.15, 0.2) is 0 Å². The number of carboxylic acids is 1. The largest absolute Gasteiger partial charge is 0.481 e. The van der Waals surface area contributed by atoms with Crippen molar-refractivity contribution in [3.63, 3.8) is 0 Å². The molecule has 2 fully saturated rings. The molecule has 2 N–H and O–H groups in total. The molecule has 1 aliphatic carbocycles. The zero-order valence-electron chi connectivity index (χ0n) is 10.4. The Morgan fingerprint density at radius 1 is 1.35 bits per heavy atom. The molecule has 0 aromatic rings. The molecule has 2 unspecified atom stereocenters. The number of nitrogens with one attached hydrogen (secondary N) is 1. The van der Waals surface area contributed by atoms with Gasteiger partial charge in [0.1, 0.15) is 0 Å². The Morgan fingerprint density at radius 3 is 2.41 bits per heavy atom. The molecule has 0 aromatic heterocycles. The second-order valence-corrected chi connectivity index (χ2v) is 5.67. The summed E-state index contributed by atoms with van der Waals surface area (Å²) >= 11 is 0. The van der Waals surface area contributed by atoms with Gasteiger partial charge in [0.25, 0.3) is 0 Å². The maximum atomic E-state index is 12.0. The molecule has 0 spiro atoms. The quantitative estimate of drug-likeness (QED) is 0.764. The van der Waals surface area contributed by atoms with Crippen molar-refractivity contribution in [2.24, 2.45) is 11.8 Å². The van der Waals surface area contributed by atoms with E-state index in [0.717, 1.165) is 19.3 Å². The summed E-state index contributed by atoms with van der Waals surface area (Å²) in [6.07, 6.45) is 3.19. The molecule has 1 heterocycles. The van der Waals surface area contributed by atoms with Crippen molar-refractivity contribution < 1.29 is 14.7 Å². The van der Waals surface area contributed by atoms with Crippen molar-refractivity contribution in [1.82, 2.24) is 10.2 Å². The van der Waals surface area contributed by atoms with Crippen molar-refractivity contribution in [2.75, 3.05) is 13.1 Å². The standard InChI is InChI=1S/C12H20N2O3/c1-8-6-14(7-9(8)10(15)16)11(17)13-12(2)4-3-5-12/h8-9H,3-7H2,1-2H3,(H,13,17)(H,15,16). The van der Waals surface area contributed by atoms with E-state index < -0.39 is 11.9 Å². The number of amides is 2. The predicted octanol–water partition coefficient (Wildman–Crippen LogP) is 1.29. The maximum absolute atomic E-state index is 12.0. The smallest absolute Gasteiger partial charge is 0.317 e. The second kappa shape index (κ2) is 4.20. The number of rotatable bonds is 2. The van der Waals surface area contributed by atoms with Crippen LogP contribution >= 0.6 is 0 Å². The molecular formula is C12H20N2O3. The van der Waals surface area contributed by atoms with Crippen LogP contribution in [0, 0.1) is 11.8 Å². The number of carbonyl (C=O) groups excluding carboxylic acids is 1. The van der Waals surface area contributed by atoms with Crippen molar-refractivity contribution in [3.05, 3.63) is 0 Å². The van der Waals surface area contributed by atoms with Gasteiger partial charge in [-0.3, -0.25) is 4.79 Å². The maximum Gasteiger partial charge on any atom is 0.317 e. The average Bonchev–Trinajstić information content (AvgIpc) is 2.58. The van der Waals surface area contributed by atoms with Crippen LogP contribution in [0.5, 0.6) is 0 Å². The van der Waals surface area contributed by atoms with Gasteiger partial charge in [-0.05, 0) is 32.1 Å². The minimum absolute atomic E-state index is 0.0347. The van der Waals surface area contributed by atoms with E-state index in [1.165, 1.54) is 0 Å². The lowest BCUT2D eigenvalue weighted by Crippen LogP contribution is -2.54. The van der Waals surface area contributed by atoms with E-state index in [-0.39, 0.29) is 17.5 Å². The van der Waals surface area contributed by atoms with Gasteiger partial charge >= 0.3 is 12.0 Å². The van der Waals surface area contributed by atoms with E-state index in [2.05, 4.69) is 5.32 Å². The lowest BCUT2D eigenvalue weighted by Gasteiger charge is -2.40. The van der Waals surface area contributed by atoms with Crippen LogP contribution in [0.25, 0.3) is 0 Å². The van der Waals surface area contributed by atoms with Crippen molar-refractivity contribution in [1.29, 1.82) is 0 Å². The van der Waals surface area contributed by atoms with Crippen molar-refractivity contribution in [3.8, 4) is 0 Å². The highest BCUT2D eigenvalue weighted by Crippen LogP contribution is 2.31. The van der Waals surface area contributed by atoms with Gasteiger partial charge in [-0.1, -0.05) is 6.92 Å². The molecule has 2 amide bonds. The summed E-state index contributed by atoms with van der Waals surface area (Å²) < 4.78 is 0. The second-order valence-electron chi connectivity index (χ2n) is 5.67. The van der Waals surface area contributed by atoms with Gasteiger partial charge in [-0.25, -0.2) is 4.79 Å². The molecule has 0 radical (unpaired) electrons. The molecule has 1 saturated carbocycles. The summed E-state index contributed by atoms with van der Waals surface area (Å²) in [4.78, 5) is 24.6. The number of hydrogen-bond acceptors (Lipinski definition) is 2. The van der Waals surface area contributed by atoms with Crippen LogP contribution in [-0.4, -0.2) is 40.6 Å². The lowest BCUT2D eigenvalue weighted by molar-refractivity contribution is -0.142. The summed E-state index contributed by atoms with van der Waals surface area (Å²) in [5, 5.41) is 12.0. The van der Waals surface area contributed by atoms with E-state index >= 15 is 0 Å². The molecule has 2 atom stereocenters. The van der Waals surface area contributed by atoms with E-state index in [1.807, 2.05) is 13.8 Å². The molecule has 0 aromatic carbocycles. The molecule has 1 saturated heterocycles. The van der Waals surface area contributed by atoms with Gasteiger partial charge in [0.05, 0.1) is 5.92 Å². The van der Waals surface area contributed by atoms with Crippen LogP contribution in [0.2, 0.25) is 0 Å². The first-order valence-corrected chi connectivity index (χ1v) is 6.21. The molecule has 17 heavy (non-hydrogen) atoms. The summed E-state index contributed by atoms with van der Waals surface area (Å²) in [6, 6.07) is -0.109. The minimum atomic E-state index is -0.803. The Morgan fingerprint density at radius 2 is 2.00 bits per heavy atom. The SMILES string of the molecule is CC1CN(C(=O)NC2(C)CCC2)CC1C(=O)O. The fourth-order valence-corrected chi connectivity index (χ4v) is 2.62. The number of nitrogens with zero attached hydrogens (tertiary/aromatic N) is 1. The van der Waals surface area contributed by atoms with Crippen LogP contribution in [0.3, 0.4) is 0 Å². The third-order valence-electron chi connectivity index (χ3n) is 4.08. The number of carboxylic acid groups (broad SMARTS) is 1. The number of carbonyl (C=O) groups is 2. The van der Waals surface area contributed by atoms with Gasteiger partial charge in [-0.15, -0.1) is 0 Å². The van der Waals surface area contributed by atoms with E-state index in [1.54, 1.807) is 4.90 Å². The van der Waals surface area contributed by atoms with Crippen molar-refractivity contribution >= 4 is 12.0 Å². The third-order valence-corrected chi connectivity index (χ3v) is 4.08. The number of likely N-dealkylation sites (tertiary alicyclic amines) is 1. The fraction of sp³-hybridized carbons (Fsp3) is 0.833. The first-order chi connectivity index (χ1) is 7.91. The number of urea groups is 1. The number of aliphatic carboxylic acids is 1. The molecule has 2 rings (SSSR count). The van der Waals surface area contributed by atoms with Gasteiger partial charge in [-0.2, -0.15) is 0 Å². The summed E-state index contributed by atoms with van der Waals surface area (Å²) in [7, 11) is 0. The molecule has 0 bridgehead atoms. The number of hydrogen-bond donors (Lipinski definition) is 2. The molecule has 1 aliphatic heterocycles. The Hall–Kier alpha value is -1.26. The summed E-state index contributed by atoms with van der Waals surface area (Å²) in [6.45, 7) is 4.80. The Kier molecular flexibility index (Phi) is 3.02. The highest BCUT2D eigenvalue weighted by atomic mass is 16.4. The molecule has 5 nitrogen and oxygen atoms in total. The first kappa shape index (κ1) is 12.2. The van der Waals surface area contributed by atoms with Gasteiger partial charge < -0.3 is 15.3 Å².